The Kier molecular flexibility index (Phi) is 4.13. The van der Waals surface area contributed by atoms with Gasteiger partial charge >= 0.3 is 5.97 Å². The molecule has 0 N–H and O–H groups in total. The maximum atomic E-state index is 11.9. The number of nitrogens with zero attached hydrogens (tertiary/aromatic N) is 1. The van der Waals surface area contributed by atoms with Crippen molar-refractivity contribution in [3.8, 4) is 0 Å². The number of ether oxygens (including phenoxy) is 1. The molecule has 0 radical (unpaired) electrons. The largest absolute Gasteiger partial charge is 0.458 e. The van der Waals surface area contributed by atoms with E-state index >= 15 is 0 Å². The first kappa shape index (κ1) is 12.1. The predicted molar refractivity (Wildman–Crippen MR) is 65.3 cm³/mol. The molecule has 1 aromatic heterocycles. The molecule has 1 aromatic rings. The van der Waals surface area contributed by atoms with Crippen LogP contribution in [0.4, 0.5) is 0 Å². The number of esters is 1. The van der Waals surface area contributed by atoms with Crippen molar-refractivity contribution in [3.05, 3.63) is 30.1 Å². The second-order valence-corrected chi connectivity index (χ2v) is 4.69. The number of carbonyl (C=O) groups excluding carboxylic acids is 1. The van der Waals surface area contributed by atoms with Crippen molar-refractivity contribution in [1.82, 2.24) is 4.98 Å². The zero-order valence-electron chi connectivity index (χ0n) is 10.3. The zero-order valence-corrected chi connectivity index (χ0v) is 10.3. The van der Waals surface area contributed by atoms with Crippen LogP contribution in [0.1, 0.15) is 50.7 Å². The van der Waals surface area contributed by atoms with Crippen molar-refractivity contribution in [2.45, 2.75) is 45.1 Å². The summed E-state index contributed by atoms with van der Waals surface area (Å²) in [5, 5.41) is 0. The monoisotopic (exact) mass is 233 g/mol. The molecule has 0 aliphatic heterocycles. The summed E-state index contributed by atoms with van der Waals surface area (Å²) >= 11 is 0. The van der Waals surface area contributed by atoms with Gasteiger partial charge in [0.2, 0.25) is 0 Å². The third-order valence-corrected chi connectivity index (χ3v) is 3.41. The van der Waals surface area contributed by atoms with Crippen LogP contribution in [0, 0.1) is 5.92 Å². The van der Waals surface area contributed by atoms with Gasteiger partial charge in [-0.05, 0) is 37.5 Å². The van der Waals surface area contributed by atoms with Crippen molar-refractivity contribution in [2.24, 2.45) is 5.92 Å². The molecule has 2 rings (SSSR count). The molecular formula is C14H19NO2. The Balaban J connectivity index is 1.89. The van der Waals surface area contributed by atoms with E-state index in [0.29, 0.717) is 0 Å². The van der Waals surface area contributed by atoms with Crippen molar-refractivity contribution in [2.75, 3.05) is 0 Å². The van der Waals surface area contributed by atoms with E-state index in [0.717, 1.165) is 31.2 Å². The van der Waals surface area contributed by atoms with Crippen LogP contribution < -0.4 is 0 Å². The molecule has 1 aliphatic rings. The van der Waals surface area contributed by atoms with E-state index in [4.69, 9.17) is 4.74 Å². The second-order valence-electron chi connectivity index (χ2n) is 4.69. The summed E-state index contributed by atoms with van der Waals surface area (Å²) in [6.07, 6.45) is 8.81. The topological polar surface area (TPSA) is 39.2 Å². The van der Waals surface area contributed by atoms with E-state index in [2.05, 4.69) is 4.98 Å². The Bertz CT molecular complexity index is 358. The molecule has 3 heteroatoms. The standard InChI is InChI=1S/C14H19NO2/c1-11(12-7-9-15-10-8-12)17-14(16)13-5-3-2-4-6-13/h7-11,13H,2-6H2,1H3. The quantitative estimate of drug-likeness (QED) is 0.752. The van der Waals surface area contributed by atoms with Crippen molar-refractivity contribution >= 4 is 5.97 Å². The molecule has 0 aromatic carbocycles. The van der Waals surface area contributed by atoms with E-state index in [1.54, 1.807) is 12.4 Å². The second kappa shape index (κ2) is 5.80. The number of pyridine rings is 1. The average Bonchev–Trinajstić information content (AvgIpc) is 2.40. The normalized spacial score (nSPS) is 18.6. The van der Waals surface area contributed by atoms with E-state index < -0.39 is 0 Å². The molecular weight excluding hydrogens is 214 g/mol. The first-order valence-electron chi connectivity index (χ1n) is 6.38. The molecule has 0 bridgehead atoms. The summed E-state index contributed by atoms with van der Waals surface area (Å²) in [6.45, 7) is 1.91. The number of hydrogen-bond donors (Lipinski definition) is 0. The Morgan fingerprint density at radius 2 is 1.94 bits per heavy atom. The number of hydrogen-bond acceptors (Lipinski definition) is 3. The Morgan fingerprint density at radius 3 is 2.59 bits per heavy atom. The van der Waals surface area contributed by atoms with Crippen molar-refractivity contribution < 1.29 is 9.53 Å². The highest BCUT2D eigenvalue weighted by Crippen LogP contribution is 2.27. The van der Waals surface area contributed by atoms with Crippen LogP contribution in [0.25, 0.3) is 0 Å². The van der Waals surface area contributed by atoms with Gasteiger partial charge in [0, 0.05) is 12.4 Å². The minimum Gasteiger partial charge on any atom is -0.458 e. The van der Waals surface area contributed by atoms with Gasteiger partial charge in [-0.15, -0.1) is 0 Å². The first-order chi connectivity index (χ1) is 8.27. The highest BCUT2D eigenvalue weighted by atomic mass is 16.5. The van der Waals surface area contributed by atoms with Crippen LogP contribution in [0.2, 0.25) is 0 Å². The van der Waals surface area contributed by atoms with Crippen LogP contribution in [-0.4, -0.2) is 11.0 Å². The van der Waals surface area contributed by atoms with E-state index in [9.17, 15) is 4.79 Å². The Hall–Kier alpha value is -1.38. The fraction of sp³-hybridized carbons (Fsp3) is 0.571. The highest BCUT2D eigenvalue weighted by molar-refractivity contribution is 5.72. The lowest BCUT2D eigenvalue weighted by Crippen LogP contribution is -2.21. The smallest absolute Gasteiger partial charge is 0.309 e. The van der Waals surface area contributed by atoms with Crippen LogP contribution in [0.3, 0.4) is 0 Å². The maximum Gasteiger partial charge on any atom is 0.309 e. The molecule has 1 aliphatic carbocycles. The third-order valence-electron chi connectivity index (χ3n) is 3.41. The molecule has 92 valence electrons. The van der Waals surface area contributed by atoms with Gasteiger partial charge in [0.05, 0.1) is 5.92 Å². The van der Waals surface area contributed by atoms with E-state index in [1.165, 1.54) is 6.42 Å². The summed E-state index contributed by atoms with van der Waals surface area (Å²) < 4.78 is 5.51. The zero-order chi connectivity index (χ0) is 12.1. The summed E-state index contributed by atoms with van der Waals surface area (Å²) in [7, 11) is 0. The predicted octanol–water partition coefficient (Wildman–Crippen LogP) is 3.27. The van der Waals surface area contributed by atoms with Gasteiger partial charge in [0.1, 0.15) is 6.10 Å². The van der Waals surface area contributed by atoms with Gasteiger partial charge in [-0.2, -0.15) is 0 Å². The van der Waals surface area contributed by atoms with Crippen molar-refractivity contribution in [3.63, 3.8) is 0 Å². The molecule has 1 atom stereocenters. The average molecular weight is 233 g/mol. The highest BCUT2D eigenvalue weighted by Gasteiger charge is 2.24. The van der Waals surface area contributed by atoms with Gasteiger partial charge in [-0.3, -0.25) is 9.78 Å². The maximum absolute atomic E-state index is 11.9. The fourth-order valence-electron chi connectivity index (χ4n) is 2.31. The van der Waals surface area contributed by atoms with Gasteiger partial charge in [-0.25, -0.2) is 0 Å². The lowest BCUT2D eigenvalue weighted by molar-refractivity contribution is -0.154. The van der Waals surface area contributed by atoms with Crippen LogP contribution in [0.15, 0.2) is 24.5 Å². The molecule has 17 heavy (non-hydrogen) atoms. The summed E-state index contributed by atoms with van der Waals surface area (Å²) in [6, 6.07) is 3.78. The van der Waals surface area contributed by atoms with Crippen LogP contribution in [0.5, 0.6) is 0 Å². The SMILES string of the molecule is CC(OC(=O)C1CCCCC1)c1ccncc1. The Labute approximate surface area is 102 Å². The lowest BCUT2D eigenvalue weighted by atomic mass is 9.89. The van der Waals surface area contributed by atoms with Crippen LogP contribution >= 0.6 is 0 Å². The summed E-state index contributed by atoms with van der Waals surface area (Å²) in [5.41, 5.74) is 1.00. The number of aromatic nitrogens is 1. The lowest BCUT2D eigenvalue weighted by Gasteiger charge is -2.22. The van der Waals surface area contributed by atoms with Gasteiger partial charge in [0.15, 0.2) is 0 Å². The molecule has 0 spiro atoms. The molecule has 0 saturated heterocycles. The Morgan fingerprint density at radius 1 is 1.29 bits per heavy atom. The fourth-order valence-corrected chi connectivity index (χ4v) is 2.31. The molecule has 1 unspecified atom stereocenters. The van der Waals surface area contributed by atoms with Crippen LogP contribution in [-0.2, 0) is 9.53 Å². The summed E-state index contributed by atoms with van der Waals surface area (Å²) in [5.74, 6) is 0.0852. The molecule has 3 nitrogen and oxygen atoms in total. The van der Waals surface area contributed by atoms with Crippen molar-refractivity contribution in [1.29, 1.82) is 0 Å². The minimum absolute atomic E-state index is 0.0333. The van der Waals surface area contributed by atoms with E-state index in [-0.39, 0.29) is 18.0 Å². The molecule has 1 fully saturated rings. The summed E-state index contributed by atoms with van der Waals surface area (Å²) in [4.78, 5) is 15.9. The molecule has 1 heterocycles. The number of carbonyl (C=O) groups is 1. The van der Waals surface area contributed by atoms with Gasteiger partial charge in [-0.1, -0.05) is 19.3 Å². The minimum atomic E-state index is -0.174. The molecule has 0 amide bonds. The first-order valence-corrected chi connectivity index (χ1v) is 6.38. The van der Waals surface area contributed by atoms with Gasteiger partial charge < -0.3 is 4.74 Å². The van der Waals surface area contributed by atoms with Gasteiger partial charge in [0.25, 0.3) is 0 Å². The third kappa shape index (κ3) is 3.29. The molecule has 1 saturated carbocycles. The number of rotatable bonds is 3. The van der Waals surface area contributed by atoms with E-state index in [1.807, 2.05) is 19.1 Å².